The summed E-state index contributed by atoms with van der Waals surface area (Å²) in [5.74, 6) is 1.44. The van der Waals surface area contributed by atoms with Crippen LogP contribution in [-0.2, 0) is 0 Å². The number of nitrogens with zero attached hydrogens (tertiary/aromatic N) is 3. The quantitative estimate of drug-likeness (QED) is 0.874. The predicted octanol–water partition coefficient (Wildman–Crippen LogP) is 2.14. The van der Waals surface area contributed by atoms with Crippen LogP contribution >= 0.6 is 12.4 Å². The van der Waals surface area contributed by atoms with Crippen LogP contribution in [0.5, 0.6) is 11.5 Å². The molecule has 0 aliphatic carbocycles. The molecule has 25 heavy (non-hydrogen) atoms. The van der Waals surface area contributed by atoms with Crippen molar-refractivity contribution < 1.29 is 9.47 Å². The van der Waals surface area contributed by atoms with Crippen molar-refractivity contribution in [3.63, 3.8) is 0 Å². The van der Waals surface area contributed by atoms with Gasteiger partial charge >= 0.3 is 0 Å². The maximum atomic E-state index is 5.71. The maximum absolute atomic E-state index is 5.71. The molecule has 0 amide bonds. The minimum Gasteiger partial charge on any atom is -0.493 e. The molecule has 2 N–H and O–H groups in total. The number of benzene rings is 1. The van der Waals surface area contributed by atoms with E-state index in [4.69, 9.17) is 15.2 Å². The van der Waals surface area contributed by atoms with E-state index in [1.54, 1.807) is 14.2 Å². The predicted molar refractivity (Wildman–Crippen MR) is 104 cm³/mol. The van der Waals surface area contributed by atoms with Crippen molar-refractivity contribution in [1.82, 2.24) is 9.88 Å². The third-order valence-corrected chi connectivity index (χ3v) is 4.75. The number of aromatic nitrogens is 1. The summed E-state index contributed by atoms with van der Waals surface area (Å²) in [5.41, 5.74) is 7.83. The zero-order valence-electron chi connectivity index (χ0n) is 15.1. The van der Waals surface area contributed by atoms with E-state index >= 15 is 0 Å². The smallest absolute Gasteiger partial charge is 0.162 e. The van der Waals surface area contributed by atoms with Gasteiger partial charge in [-0.05, 0) is 19.1 Å². The first kappa shape index (κ1) is 19.6. The number of hydrogen-bond acceptors (Lipinski definition) is 6. The molecule has 1 atom stereocenters. The van der Waals surface area contributed by atoms with Gasteiger partial charge < -0.3 is 20.1 Å². The summed E-state index contributed by atoms with van der Waals surface area (Å²) in [7, 11) is 3.30. The molecule has 0 radical (unpaired) electrons. The van der Waals surface area contributed by atoms with Crippen LogP contribution in [-0.4, -0.2) is 62.9 Å². The highest BCUT2D eigenvalue weighted by Gasteiger charge is 2.24. The fraction of sp³-hybridized carbons (Fsp3) is 0.500. The summed E-state index contributed by atoms with van der Waals surface area (Å²) in [5, 5.41) is 1.09. The lowest BCUT2D eigenvalue weighted by Gasteiger charge is -2.41. The molecule has 1 aliphatic heterocycles. The van der Waals surface area contributed by atoms with Crippen LogP contribution in [0, 0.1) is 0 Å². The Kier molecular flexibility index (Phi) is 6.70. The second-order valence-corrected chi connectivity index (χ2v) is 6.17. The number of rotatable bonds is 5. The molecule has 0 saturated carbocycles. The third kappa shape index (κ3) is 3.92. The van der Waals surface area contributed by atoms with Crippen LogP contribution in [0.3, 0.4) is 0 Å². The van der Waals surface area contributed by atoms with Gasteiger partial charge in [-0.1, -0.05) is 0 Å². The molecule has 0 bridgehead atoms. The summed E-state index contributed by atoms with van der Waals surface area (Å²) < 4.78 is 10.9. The minimum atomic E-state index is 0. The van der Waals surface area contributed by atoms with Gasteiger partial charge in [0.15, 0.2) is 11.5 Å². The summed E-state index contributed by atoms with van der Waals surface area (Å²) >= 11 is 0. The van der Waals surface area contributed by atoms with Crippen LogP contribution in [0.4, 0.5) is 5.69 Å². The monoisotopic (exact) mass is 366 g/mol. The van der Waals surface area contributed by atoms with E-state index in [9.17, 15) is 0 Å². The van der Waals surface area contributed by atoms with Crippen LogP contribution in [0.25, 0.3) is 10.9 Å². The fourth-order valence-corrected chi connectivity index (χ4v) is 3.45. The van der Waals surface area contributed by atoms with E-state index < -0.39 is 0 Å². The number of nitrogens with two attached hydrogens (primary N) is 1. The Balaban J connectivity index is 0.00000225. The van der Waals surface area contributed by atoms with Crippen molar-refractivity contribution in [2.24, 2.45) is 5.73 Å². The number of hydrogen-bond donors (Lipinski definition) is 1. The van der Waals surface area contributed by atoms with Gasteiger partial charge in [0.25, 0.3) is 0 Å². The van der Waals surface area contributed by atoms with Gasteiger partial charge in [0.05, 0.1) is 19.7 Å². The highest BCUT2D eigenvalue weighted by Crippen LogP contribution is 2.36. The average Bonchev–Trinajstić information content (AvgIpc) is 2.61. The minimum absolute atomic E-state index is 0. The van der Waals surface area contributed by atoms with Crippen molar-refractivity contribution in [3.05, 3.63) is 24.4 Å². The molecule has 7 heteroatoms. The Hall–Kier alpha value is -1.76. The molecular weight excluding hydrogens is 340 g/mol. The highest BCUT2D eigenvalue weighted by molar-refractivity contribution is 5.94. The SMILES string of the molecule is COc1cc2nccc(N3CCN(CCN)[C@H](C)C3)c2cc1OC.Cl. The molecule has 1 aromatic heterocycles. The van der Waals surface area contributed by atoms with Crippen LogP contribution < -0.4 is 20.1 Å². The van der Waals surface area contributed by atoms with Crippen molar-refractivity contribution >= 4 is 29.0 Å². The standard InChI is InChI=1S/C18H26N4O2.ClH/c1-13-12-22(9-8-21(13)7-5-19)16-4-6-20-15-11-18(24-3)17(23-2)10-14(15)16;/h4,6,10-11,13H,5,7-9,12,19H2,1-3H3;1H/t13-;/m1./s1. The number of fused-ring (bicyclic) bond motifs is 1. The number of piperazine rings is 1. The number of halogens is 1. The maximum Gasteiger partial charge on any atom is 0.162 e. The lowest BCUT2D eigenvalue weighted by molar-refractivity contribution is 0.195. The van der Waals surface area contributed by atoms with Gasteiger partial charge in [-0.15, -0.1) is 12.4 Å². The molecule has 1 fully saturated rings. The van der Waals surface area contributed by atoms with Crippen molar-refractivity contribution in [2.75, 3.05) is 51.8 Å². The second-order valence-electron chi connectivity index (χ2n) is 6.17. The summed E-state index contributed by atoms with van der Waals surface area (Å²) in [6.07, 6.45) is 1.86. The van der Waals surface area contributed by atoms with E-state index in [0.717, 1.165) is 42.8 Å². The molecule has 1 aliphatic rings. The Labute approximate surface area is 155 Å². The van der Waals surface area contributed by atoms with Crippen LogP contribution in [0.2, 0.25) is 0 Å². The third-order valence-electron chi connectivity index (χ3n) is 4.75. The van der Waals surface area contributed by atoms with Gasteiger partial charge in [0.2, 0.25) is 0 Å². The Morgan fingerprint density at radius 2 is 1.92 bits per heavy atom. The van der Waals surface area contributed by atoms with Crippen LogP contribution in [0.15, 0.2) is 24.4 Å². The summed E-state index contributed by atoms with van der Waals surface area (Å²) in [6, 6.07) is 6.52. The molecule has 3 rings (SSSR count). The Morgan fingerprint density at radius 1 is 1.20 bits per heavy atom. The number of anilines is 1. The van der Waals surface area contributed by atoms with Crippen LogP contribution in [0.1, 0.15) is 6.92 Å². The molecule has 1 aromatic carbocycles. The highest BCUT2D eigenvalue weighted by atomic mass is 35.5. The second kappa shape index (κ2) is 8.56. The number of methoxy groups -OCH3 is 2. The van der Waals surface area contributed by atoms with E-state index in [0.29, 0.717) is 18.3 Å². The van der Waals surface area contributed by atoms with Crippen molar-refractivity contribution in [1.29, 1.82) is 0 Å². The lowest BCUT2D eigenvalue weighted by Crippen LogP contribution is -2.53. The van der Waals surface area contributed by atoms with Crippen molar-refractivity contribution in [3.8, 4) is 11.5 Å². The summed E-state index contributed by atoms with van der Waals surface area (Å²) in [4.78, 5) is 9.37. The number of pyridine rings is 1. The fourth-order valence-electron chi connectivity index (χ4n) is 3.45. The topological polar surface area (TPSA) is 63.9 Å². The van der Waals surface area contributed by atoms with Gasteiger partial charge in [-0.25, -0.2) is 0 Å². The normalized spacial score (nSPS) is 18.1. The Bertz CT molecular complexity index is 713. The van der Waals surface area contributed by atoms with E-state index in [1.807, 2.05) is 18.3 Å². The molecule has 2 aromatic rings. The van der Waals surface area contributed by atoms with Gasteiger partial charge in [-0.3, -0.25) is 9.88 Å². The lowest BCUT2D eigenvalue weighted by atomic mass is 10.1. The zero-order chi connectivity index (χ0) is 17.1. The first-order valence-electron chi connectivity index (χ1n) is 8.37. The molecule has 0 spiro atoms. The number of ether oxygens (including phenoxy) is 2. The molecule has 6 nitrogen and oxygen atoms in total. The van der Waals surface area contributed by atoms with Gasteiger partial charge in [0.1, 0.15) is 0 Å². The average molecular weight is 367 g/mol. The van der Waals surface area contributed by atoms with E-state index in [-0.39, 0.29) is 12.4 Å². The summed E-state index contributed by atoms with van der Waals surface area (Å²) in [6.45, 7) is 6.91. The van der Waals surface area contributed by atoms with E-state index in [2.05, 4.69) is 27.8 Å². The van der Waals surface area contributed by atoms with Crippen molar-refractivity contribution in [2.45, 2.75) is 13.0 Å². The Morgan fingerprint density at radius 3 is 2.56 bits per heavy atom. The molecule has 0 unspecified atom stereocenters. The molecular formula is C18H27ClN4O2. The first-order chi connectivity index (χ1) is 11.7. The zero-order valence-corrected chi connectivity index (χ0v) is 15.9. The van der Waals surface area contributed by atoms with E-state index in [1.165, 1.54) is 5.69 Å². The molecule has 1 saturated heterocycles. The van der Waals surface area contributed by atoms with Gasteiger partial charge in [-0.2, -0.15) is 0 Å². The van der Waals surface area contributed by atoms with Gasteiger partial charge in [0, 0.05) is 62.1 Å². The molecule has 138 valence electrons. The molecule has 2 heterocycles. The first-order valence-corrected chi connectivity index (χ1v) is 8.37. The largest absolute Gasteiger partial charge is 0.493 e.